The summed E-state index contributed by atoms with van der Waals surface area (Å²) in [6.45, 7) is 4.26. The molecule has 1 aliphatic carbocycles. The Morgan fingerprint density at radius 3 is 2.58 bits per heavy atom. The van der Waals surface area contributed by atoms with Gasteiger partial charge in [0.15, 0.2) is 0 Å². The van der Waals surface area contributed by atoms with Crippen molar-refractivity contribution in [3.05, 3.63) is 47.7 Å². The molecule has 1 fully saturated rings. The Balaban J connectivity index is 1.88. The van der Waals surface area contributed by atoms with Gasteiger partial charge in [-0.2, -0.15) is 5.10 Å². The Morgan fingerprint density at radius 2 is 2.00 bits per heavy atom. The van der Waals surface area contributed by atoms with Crippen LogP contribution in [0.1, 0.15) is 30.5 Å². The highest BCUT2D eigenvalue weighted by Crippen LogP contribution is 2.29. The van der Waals surface area contributed by atoms with Crippen molar-refractivity contribution in [3.63, 3.8) is 0 Å². The minimum absolute atomic E-state index is 0.134. The minimum atomic E-state index is -0.740. The number of alkyl halides is 1. The second kappa shape index (κ2) is 6.81. The zero-order valence-corrected chi connectivity index (χ0v) is 13.5. The zero-order valence-electron chi connectivity index (χ0n) is 13.5. The van der Waals surface area contributed by atoms with Gasteiger partial charge < -0.3 is 5.32 Å². The fourth-order valence-electron chi connectivity index (χ4n) is 3.33. The third-order valence-corrected chi connectivity index (χ3v) is 4.43. The number of aryl methyl sites for hydroxylation is 1. The van der Waals surface area contributed by atoms with Crippen molar-refractivity contribution in [1.29, 1.82) is 0 Å². The van der Waals surface area contributed by atoms with Gasteiger partial charge in [-0.3, -0.25) is 4.68 Å². The van der Waals surface area contributed by atoms with Crippen LogP contribution in [0.25, 0.3) is 17.3 Å². The molecule has 0 saturated heterocycles. The fourth-order valence-corrected chi connectivity index (χ4v) is 3.33. The molecule has 0 spiro atoms. The summed E-state index contributed by atoms with van der Waals surface area (Å²) in [6, 6.07) is 3.52. The van der Waals surface area contributed by atoms with E-state index in [9.17, 15) is 13.2 Å². The maximum absolute atomic E-state index is 13.5. The van der Waals surface area contributed by atoms with Crippen molar-refractivity contribution < 1.29 is 13.2 Å². The van der Waals surface area contributed by atoms with E-state index < -0.39 is 17.8 Å². The molecule has 0 amide bonds. The molecule has 0 radical (unpaired) electrons. The van der Waals surface area contributed by atoms with Gasteiger partial charge >= 0.3 is 0 Å². The van der Waals surface area contributed by atoms with Crippen molar-refractivity contribution in [2.24, 2.45) is 7.05 Å². The van der Waals surface area contributed by atoms with Crippen LogP contribution in [0.3, 0.4) is 0 Å². The Morgan fingerprint density at radius 1 is 1.29 bits per heavy atom. The number of nitrogens with one attached hydrogen (secondary N) is 1. The van der Waals surface area contributed by atoms with Gasteiger partial charge in [0.25, 0.3) is 0 Å². The van der Waals surface area contributed by atoms with Crippen molar-refractivity contribution >= 4 is 6.08 Å². The van der Waals surface area contributed by atoms with Gasteiger partial charge in [-0.1, -0.05) is 12.7 Å². The second-order valence-corrected chi connectivity index (χ2v) is 6.18. The molecule has 1 aliphatic rings. The molecule has 3 rings (SSSR count). The molecular formula is C18H20F3N3. The average molecular weight is 335 g/mol. The number of hydrogen-bond donors (Lipinski definition) is 1. The molecule has 1 N–H and O–H groups in total. The molecule has 1 heterocycles. The number of halogens is 3. The number of benzene rings is 1. The van der Waals surface area contributed by atoms with E-state index in [0.29, 0.717) is 30.6 Å². The first kappa shape index (κ1) is 16.8. The van der Waals surface area contributed by atoms with Crippen molar-refractivity contribution in [3.8, 4) is 11.3 Å². The van der Waals surface area contributed by atoms with Gasteiger partial charge in [0, 0.05) is 36.8 Å². The Hall–Kier alpha value is -2.08. The molecule has 3 nitrogen and oxygen atoms in total. The van der Waals surface area contributed by atoms with Crippen LogP contribution in [-0.2, 0) is 13.6 Å². The first-order valence-electron chi connectivity index (χ1n) is 8.00. The van der Waals surface area contributed by atoms with Gasteiger partial charge in [-0.15, -0.1) is 0 Å². The normalized spacial score (nSPS) is 20.5. The lowest BCUT2D eigenvalue weighted by molar-refractivity contribution is 0.333. The summed E-state index contributed by atoms with van der Waals surface area (Å²) < 4.78 is 41.9. The van der Waals surface area contributed by atoms with E-state index in [1.165, 1.54) is 12.1 Å². The average Bonchev–Trinajstić information content (AvgIpc) is 3.06. The number of hydrogen-bond acceptors (Lipinski definition) is 2. The highest BCUT2D eigenvalue weighted by atomic mass is 19.1. The predicted octanol–water partition coefficient (Wildman–Crippen LogP) is 3.99. The summed E-state index contributed by atoms with van der Waals surface area (Å²) in [6.07, 6.45) is 2.80. The minimum Gasteiger partial charge on any atom is -0.308 e. The molecule has 1 aromatic heterocycles. The molecule has 0 unspecified atom stereocenters. The smallest absolute Gasteiger partial charge is 0.126 e. The number of nitrogens with zero attached hydrogens (tertiary/aromatic N) is 2. The Bertz CT molecular complexity index is 734. The summed E-state index contributed by atoms with van der Waals surface area (Å²) in [5, 5.41) is 7.75. The van der Waals surface area contributed by atoms with Crippen molar-refractivity contribution in [1.82, 2.24) is 15.1 Å². The van der Waals surface area contributed by atoms with E-state index in [-0.39, 0.29) is 6.04 Å². The highest BCUT2D eigenvalue weighted by molar-refractivity contribution is 5.73. The highest BCUT2D eigenvalue weighted by Gasteiger charge is 2.24. The first-order chi connectivity index (χ1) is 11.5. The molecule has 128 valence electrons. The predicted molar refractivity (Wildman–Crippen MR) is 88.0 cm³/mol. The molecule has 2 aromatic rings. The quantitative estimate of drug-likeness (QED) is 0.895. The van der Waals surface area contributed by atoms with E-state index in [0.717, 1.165) is 23.7 Å². The molecule has 2 atom stereocenters. The van der Waals surface area contributed by atoms with Crippen LogP contribution in [0, 0.1) is 11.6 Å². The monoisotopic (exact) mass is 335 g/mol. The van der Waals surface area contributed by atoms with Crippen LogP contribution in [0.4, 0.5) is 13.2 Å². The van der Waals surface area contributed by atoms with Crippen LogP contribution >= 0.6 is 0 Å². The lowest BCUT2D eigenvalue weighted by atomic mass is 10.0. The van der Waals surface area contributed by atoms with Crippen LogP contribution in [0.15, 0.2) is 24.8 Å². The summed E-state index contributed by atoms with van der Waals surface area (Å²) in [5.74, 6) is -1.28. The SMILES string of the molecule is C=Cc1c(CN[C@H]2CC[C@@H](F)C2)nn(C)c1-c1cc(F)cc(F)c1. The van der Waals surface area contributed by atoms with Crippen molar-refractivity contribution in [2.45, 2.75) is 38.0 Å². The fraction of sp³-hybridized carbons (Fsp3) is 0.389. The molecular weight excluding hydrogens is 315 g/mol. The third kappa shape index (κ3) is 3.38. The molecule has 24 heavy (non-hydrogen) atoms. The van der Waals surface area contributed by atoms with E-state index in [1.54, 1.807) is 17.8 Å². The van der Waals surface area contributed by atoms with Gasteiger partial charge in [0.05, 0.1) is 11.4 Å². The van der Waals surface area contributed by atoms with Gasteiger partial charge in [0.1, 0.15) is 17.8 Å². The molecule has 1 aromatic carbocycles. The second-order valence-electron chi connectivity index (χ2n) is 6.18. The largest absolute Gasteiger partial charge is 0.308 e. The van der Waals surface area contributed by atoms with Crippen molar-refractivity contribution in [2.75, 3.05) is 0 Å². The Labute approximate surface area is 139 Å². The van der Waals surface area contributed by atoms with E-state index in [4.69, 9.17) is 0 Å². The van der Waals surface area contributed by atoms with Crippen LogP contribution in [0.2, 0.25) is 0 Å². The van der Waals surface area contributed by atoms with Gasteiger partial charge in [-0.25, -0.2) is 13.2 Å². The van der Waals surface area contributed by atoms with Gasteiger partial charge in [0.2, 0.25) is 0 Å². The van der Waals surface area contributed by atoms with Gasteiger partial charge in [-0.05, 0) is 31.4 Å². The maximum Gasteiger partial charge on any atom is 0.126 e. The van der Waals surface area contributed by atoms with E-state index in [2.05, 4.69) is 17.0 Å². The van der Waals surface area contributed by atoms with E-state index in [1.807, 2.05) is 0 Å². The van der Waals surface area contributed by atoms with E-state index >= 15 is 0 Å². The molecule has 0 bridgehead atoms. The molecule has 6 heteroatoms. The zero-order chi connectivity index (χ0) is 17.3. The topological polar surface area (TPSA) is 29.9 Å². The first-order valence-corrected chi connectivity index (χ1v) is 8.00. The summed E-state index contributed by atoms with van der Waals surface area (Å²) in [5.41, 5.74) is 2.47. The van der Waals surface area contributed by atoms with Crippen LogP contribution in [0.5, 0.6) is 0 Å². The number of rotatable bonds is 5. The standard InChI is InChI=1S/C18H20F3N3/c1-3-16-17(10-22-15-5-4-12(19)9-15)23-24(2)18(16)11-6-13(20)8-14(21)7-11/h3,6-8,12,15,22H,1,4-5,9-10H2,2H3/t12-,15+/m1/s1. The maximum atomic E-state index is 13.5. The Kier molecular flexibility index (Phi) is 4.76. The summed E-state index contributed by atoms with van der Waals surface area (Å²) in [7, 11) is 1.72. The molecule has 0 aliphatic heterocycles. The van der Waals surface area contributed by atoms with Crippen LogP contribution in [-0.4, -0.2) is 22.0 Å². The van der Waals surface area contributed by atoms with Crippen LogP contribution < -0.4 is 5.32 Å². The molecule has 1 saturated carbocycles. The summed E-state index contributed by atoms with van der Waals surface area (Å²) >= 11 is 0. The summed E-state index contributed by atoms with van der Waals surface area (Å²) in [4.78, 5) is 0. The number of aromatic nitrogens is 2. The lowest BCUT2D eigenvalue weighted by Crippen LogP contribution is -2.26. The lowest BCUT2D eigenvalue weighted by Gasteiger charge is -2.10. The third-order valence-electron chi connectivity index (χ3n) is 4.43.